The number of fused-ring (bicyclic) bond motifs is 1. The summed E-state index contributed by atoms with van der Waals surface area (Å²) in [5.41, 5.74) is 4.65. The van der Waals surface area contributed by atoms with Crippen LogP contribution < -0.4 is 10.6 Å². The minimum Gasteiger partial charge on any atom is -0.383 e. The predicted molar refractivity (Wildman–Crippen MR) is 146 cm³/mol. The molecule has 0 N–H and O–H groups in total. The highest BCUT2D eigenvalue weighted by molar-refractivity contribution is 5.94. The first-order chi connectivity index (χ1) is 18.1. The molecule has 2 aromatic heterocycles. The Labute approximate surface area is 216 Å². The Balaban J connectivity index is 1.29. The van der Waals surface area contributed by atoms with Crippen LogP contribution in [0.5, 0.6) is 0 Å². The van der Waals surface area contributed by atoms with Gasteiger partial charge in [0.05, 0.1) is 24.2 Å². The van der Waals surface area contributed by atoms with Gasteiger partial charge in [-0.2, -0.15) is 0 Å². The van der Waals surface area contributed by atoms with E-state index >= 15 is 0 Å². The number of hydrogen-bond acceptors (Lipinski definition) is 5. The van der Waals surface area contributed by atoms with Crippen LogP contribution in [0.4, 0.5) is 11.4 Å². The third-order valence-electron chi connectivity index (χ3n) is 7.22. The molecule has 37 heavy (non-hydrogen) atoms. The van der Waals surface area contributed by atoms with Crippen LogP contribution in [-0.4, -0.2) is 58.3 Å². The van der Waals surface area contributed by atoms with E-state index in [0.29, 0.717) is 31.8 Å². The van der Waals surface area contributed by atoms with Crippen molar-refractivity contribution in [1.82, 2.24) is 19.0 Å². The molecule has 0 bridgehead atoms. The standard InChI is InChI=1S/C29H33N5O3/c1-3-32(24-12-16-30-17-13-24)23-10-8-22(9-11-23)28(35)31-18-14-25(15-19-31)34-27-7-5-4-6-26(27)33(29(34)36)20-21-37-2/h4-13,16-17,25H,3,14-15,18-21H2,1-2H3. The largest absolute Gasteiger partial charge is 0.383 e. The molecular formula is C29H33N5O3. The number of carbonyl (C=O) groups excluding carboxylic acids is 1. The first-order valence-corrected chi connectivity index (χ1v) is 12.9. The maximum atomic E-state index is 13.3. The summed E-state index contributed by atoms with van der Waals surface area (Å²) in [6.45, 7) is 5.15. The predicted octanol–water partition coefficient (Wildman–Crippen LogP) is 4.48. The molecule has 5 rings (SSSR count). The number of nitrogens with zero attached hydrogens (tertiary/aromatic N) is 5. The molecule has 4 aromatic rings. The van der Waals surface area contributed by atoms with Gasteiger partial charge in [0.15, 0.2) is 0 Å². The van der Waals surface area contributed by atoms with Crippen LogP contribution in [0.25, 0.3) is 11.0 Å². The topological polar surface area (TPSA) is 72.6 Å². The zero-order valence-corrected chi connectivity index (χ0v) is 21.4. The number of carbonyl (C=O) groups is 1. The lowest BCUT2D eigenvalue weighted by molar-refractivity contribution is 0.0694. The summed E-state index contributed by atoms with van der Waals surface area (Å²) in [4.78, 5) is 34.8. The molecule has 1 fully saturated rings. The van der Waals surface area contributed by atoms with E-state index in [-0.39, 0.29) is 17.6 Å². The van der Waals surface area contributed by atoms with E-state index in [1.54, 1.807) is 24.1 Å². The Hall–Kier alpha value is -3.91. The third kappa shape index (κ3) is 4.89. The lowest BCUT2D eigenvalue weighted by Crippen LogP contribution is -2.41. The van der Waals surface area contributed by atoms with Gasteiger partial charge < -0.3 is 14.5 Å². The fourth-order valence-corrected chi connectivity index (χ4v) is 5.32. The number of para-hydroxylation sites is 2. The fourth-order valence-electron chi connectivity index (χ4n) is 5.32. The van der Waals surface area contributed by atoms with Crippen molar-refractivity contribution < 1.29 is 9.53 Å². The van der Waals surface area contributed by atoms with E-state index in [0.717, 1.165) is 41.8 Å². The van der Waals surface area contributed by atoms with E-state index in [1.807, 2.05) is 70.1 Å². The molecule has 2 aromatic carbocycles. The van der Waals surface area contributed by atoms with Crippen molar-refractivity contribution in [3.63, 3.8) is 0 Å². The van der Waals surface area contributed by atoms with Crippen LogP contribution in [0.2, 0.25) is 0 Å². The van der Waals surface area contributed by atoms with Crippen molar-refractivity contribution in [2.45, 2.75) is 32.4 Å². The number of benzene rings is 2. The molecule has 0 unspecified atom stereocenters. The lowest BCUT2D eigenvalue weighted by Gasteiger charge is -2.32. The minimum atomic E-state index is -0.00621. The van der Waals surface area contributed by atoms with Crippen LogP contribution in [0.3, 0.4) is 0 Å². The number of piperidine rings is 1. The summed E-state index contributed by atoms with van der Waals surface area (Å²) in [5.74, 6) is 0.0341. The van der Waals surface area contributed by atoms with E-state index in [4.69, 9.17) is 4.74 Å². The molecular weight excluding hydrogens is 466 g/mol. The van der Waals surface area contributed by atoms with Crippen LogP contribution in [0.15, 0.2) is 77.9 Å². The Kier molecular flexibility index (Phi) is 7.37. The maximum absolute atomic E-state index is 13.3. The molecule has 3 heterocycles. The van der Waals surface area contributed by atoms with Gasteiger partial charge in [-0.15, -0.1) is 0 Å². The number of ether oxygens (including phenoxy) is 1. The first-order valence-electron chi connectivity index (χ1n) is 12.9. The average Bonchev–Trinajstić information content (AvgIpc) is 3.23. The monoisotopic (exact) mass is 499 g/mol. The normalized spacial score (nSPS) is 14.3. The summed E-state index contributed by atoms with van der Waals surface area (Å²) in [5, 5.41) is 0. The van der Waals surface area contributed by atoms with Gasteiger partial charge in [-0.1, -0.05) is 12.1 Å². The van der Waals surface area contributed by atoms with E-state index in [1.165, 1.54) is 0 Å². The number of hydrogen-bond donors (Lipinski definition) is 0. The number of pyridine rings is 1. The Morgan fingerprint density at radius 2 is 1.62 bits per heavy atom. The van der Waals surface area contributed by atoms with Crippen molar-refractivity contribution in [3.8, 4) is 0 Å². The quantitative estimate of drug-likeness (QED) is 0.358. The number of methoxy groups -OCH3 is 1. The molecule has 0 aliphatic carbocycles. The highest BCUT2D eigenvalue weighted by Gasteiger charge is 2.27. The van der Waals surface area contributed by atoms with Gasteiger partial charge in [0.1, 0.15) is 0 Å². The van der Waals surface area contributed by atoms with Gasteiger partial charge in [0, 0.05) is 62.1 Å². The van der Waals surface area contributed by atoms with Gasteiger partial charge in [-0.05, 0) is 68.3 Å². The molecule has 0 spiro atoms. The zero-order valence-electron chi connectivity index (χ0n) is 21.4. The van der Waals surface area contributed by atoms with Crippen LogP contribution in [0, 0.1) is 0 Å². The number of aromatic nitrogens is 3. The molecule has 0 atom stereocenters. The van der Waals surface area contributed by atoms with Gasteiger partial charge in [0.2, 0.25) is 0 Å². The summed E-state index contributed by atoms with van der Waals surface area (Å²) >= 11 is 0. The summed E-state index contributed by atoms with van der Waals surface area (Å²) in [7, 11) is 1.64. The molecule has 0 saturated carbocycles. The second kappa shape index (κ2) is 11.0. The van der Waals surface area contributed by atoms with Crippen LogP contribution in [-0.2, 0) is 11.3 Å². The summed E-state index contributed by atoms with van der Waals surface area (Å²) < 4.78 is 8.93. The zero-order chi connectivity index (χ0) is 25.8. The number of imidazole rings is 1. The van der Waals surface area contributed by atoms with Crippen LogP contribution in [0.1, 0.15) is 36.2 Å². The molecule has 1 saturated heterocycles. The SMILES string of the molecule is CCN(c1ccncc1)c1ccc(C(=O)N2CCC(n3c(=O)n(CCOC)c4ccccc43)CC2)cc1. The lowest BCUT2D eigenvalue weighted by atomic mass is 10.0. The van der Waals surface area contributed by atoms with Gasteiger partial charge in [-0.3, -0.25) is 18.9 Å². The molecule has 8 heteroatoms. The summed E-state index contributed by atoms with van der Waals surface area (Å²) in [6.07, 6.45) is 5.05. The number of anilines is 2. The van der Waals surface area contributed by atoms with Gasteiger partial charge in [0.25, 0.3) is 5.91 Å². The Bertz CT molecular complexity index is 1400. The second-order valence-electron chi connectivity index (χ2n) is 9.31. The molecule has 1 aliphatic heterocycles. The smallest absolute Gasteiger partial charge is 0.329 e. The van der Waals surface area contributed by atoms with Crippen molar-refractivity contribution in [1.29, 1.82) is 0 Å². The second-order valence-corrected chi connectivity index (χ2v) is 9.31. The first kappa shape index (κ1) is 24.8. The number of likely N-dealkylation sites (tertiary alicyclic amines) is 1. The molecule has 192 valence electrons. The van der Waals surface area contributed by atoms with Crippen molar-refractivity contribution in [2.75, 3.05) is 38.3 Å². The fraction of sp³-hybridized carbons (Fsp3) is 0.345. The van der Waals surface area contributed by atoms with Crippen molar-refractivity contribution in [2.24, 2.45) is 0 Å². The van der Waals surface area contributed by atoms with E-state index < -0.39 is 0 Å². The highest BCUT2D eigenvalue weighted by atomic mass is 16.5. The van der Waals surface area contributed by atoms with E-state index in [2.05, 4.69) is 16.8 Å². The van der Waals surface area contributed by atoms with Gasteiger partial charge in [-0.25, -0.2) is 4.79 Å². The van der Waals surface area contributed by atoms with Gasteiger partial charge >= 0.3 is 5.69 Å². The average molecular weight is 500 g/mol. The molecule has 0 radical (unpaired) electrons. The van der Waals surface area contributed by atoms with Crippen molar-refractivity contribution >= 4 is 28.3 Å². The maximum Gasteiger partial charge on any atom is 0.329 e. The van der Waals surface area contributed by atoms with E-state index in [9.17, 15) is 9.59 Å². The molecule has 8 nitrogen and oxygen atoms in total. The molecule has 1 aliphatic rings. The minimum absolute atomic E-state index is 0.00621. The van der Waals surface area contributed by atoms with Crippen LogP contribution >= 0.6 is 0 Å². The number of amides is 1. The highest BCUT2D eigenvalue weighted by Crippen LogP contribution is 2.28. The molecule has 1 amide bonds. The Morgan fingerprint density at radius 3 is 2.27 bits per heavy atom. The Morgan fingerprint density at radius 1 is 0.973 bits per heavy atom. The number of rotatable bonds is 8. The van der Waals surface area contributed by atoms with Crippen molar-refractivity contribution in [3.05, 3.63) is 89.1 Å². The summed E-state index contributed by atoms with van der Waals surface area (Å²) in [6, 6.07) is 19.7. The third-order valence-corrected chi connectivity index (χ3v) is 7.22.